The van der Waals surface area contributed by atoms with Crippen molar-refractivity contribution in [3.8, 4) is 16.5 Å². The summed E-state index contributed by atoms with van der Waals surface area (Å²) in [5.41, 5.74) is 0.379. The number of ether oxygens (including phenoxy) is 1. The molecule has 0 aliphatic rings. The van der Waals surface area contributed by atoms with E-state index in [1.54, 1.807) is 18.3 Å². The summed E-state index contributed by atoms with van der Waals surface area (Å²) < 4.78 is 43.6. The Morgan fingerprint density at radius 2 is 2.07 bits per heavy atom. The number of benzene rings is 1. The van der Waals surface area contributed by atoms with Gasteiger partial charge in [0.05, 0.1) is 12.7 Å². The molecule has 3 aromatic rings. The molecule has 1 amide bonds. The molecule has 140 valence electrons. The Bertz CT molecular complexity index is 957. The molecule has 0 unspecified atom stereocenters. The first-order chi connectivity index (χ1) is 12.9. The predicted molar refractivity (Wildman–Crippen MR) is 94.5 cm³/mol. The van der Waals surface area contributed by atoms with E-state index in [4.69, 9.17) is 4.74 Å². The molecular weight excluding hydrogens is 379 g/mol. The van der Waals surface area contributed by atoms with Crippen LogP contribution in [0.15, 0.2) is 48.0 Å². The second-order valence-corrected chi connectivity index (χ2v) is 6.33. The Morgan fingerprint density at radius 3 is 2.81 bits per heavy atom. The van der Waals surface area contributed by atoms with Gasteiger partial charge in [-0.2, -0.15) is 13.2 Å². The van der Waals surface area contributed by atoms with Crippen molar-refractivity contribution in [1.29, 1.82) is 0 Å². The van der Waals surface area contributed by atoms with Crippen molar-refractivity contribution in [1.82, 2.24) is 15.3 Å². The molecule has 0 spiro atoms. The van der Waals surface area contributed by atoms with Gasteiger partial charge in [0.25, 0.3) is 5.91 Å². The molecule has 1 aromatic carbocycles. The number of pyridine rings is 1. The predicted octanol–water partition coefficient (Wildman–Crippen LogP) is 4.16. The zero-order valence-corrected chi connectivity index (χ0v) is 14.9. The zero-order chi connectivity index (χ0) is 19.4. The number of alkyl halides is 3. The lowest BCUT2D eigenvalue weighted by atomic mass is 10.1. The third-order valence-corrected chi connectivity index (χ3v) is 4.55. The van der Waals surface area contributed by atoms with Crippen molar-refractivity contribution in [2.24, 2.45) is 0 Å². The number of carbonyl (C=O) groups is 1. The van der Waals surface area contributed by atoms with Gasteiger partial charge in [-0.25, -0.2) is 9.97 Å². The molecule has 5 nitrogen and oxygen atoms in total. The van der Waals surface area contributed by atoms with Crippen LogP contribution in [0.25, 0.3) is 10.6 Å². The fourth-order valence-electron chi connectivity index (χ4n) is 2.35. The highest BCUT2D eigenvalue weighted by Crippen LogP contribution is 2.33. The number of methoxy groups -OCH3 is 1. The minimum atomic E-state index is -4.43. The normalized spacial score (nSPS) is 11.3. The smallest absolute Gasteiger partial charge is 0.416 e. The van der Waals surface area contributed by atoms with E-state index >= 15 is 0 Å². The van der Waals surface area contributed by atoms with Crippen molar-refractivity contribution in [2.75, 3.05) is 7.11 Å². The van der Waals surface area contributed by atoms with Crippen molar-refractivity contribution < 1.29 is 22.7 Å². The van der Waals surface area contributed by atoms with Gasteiger partial charge in [0, 0.05) is 29.2 Å². The molecule has 9 heteroatoms. The van der Waals surface area contributed by atoms with Gasteiger partial charge in [0.1, 0.15) is 10.7 Å². The summed E-state index contributed by atoms with van der Waals surface area (Å²) in [4.78, 5) is 20.5. The van der Waals surface area contributed by atoms with Gasteiger partial charge in [-0.3, -0.25) is 4.79 Å². The van der Waals surface area contributed by atoms with Gasteiger partial charge in [0.2, 0.25) is 5.88 Å². The molecule has 0 aliphatic heterocycles. The summed E-state index contributed by atoms with van der Waals surface area (Å²) in [6.45, 7) is 0.187. The lowest BCUT2D eigenvalue weighted by Gasteiger charge is -2.08. The van der Waals surface area contributed by atoms with E-state index in [1.807, 2.05) is 0 Å². The topological polar surface area (TPSA) is 64.1 Å². The standard InChI is InChI=1S/C18H14F3N3O2S/c1-26-16-12(5-3-7-22-16)9-23-15(25)14-10-27-17(24-14)11-4-2-6-13(8-11)18(19,20)21/h2-8,10H,9H2,1H3,(H,23,25). The molecule has 2 heterocycles. The maximum absolute atomic E-state index is 12.8. The molecule has 27 heavy (non-hydrogen) atoms. The van der Waals surface area contributed by atoms with Gasteiger partial charge in [-0.05, 0) is 18.2 Å². The molecule has 0 radical (unpaired) electrons. The van der Waals surface area contributed by atoms with Gasteiger partial charge < -0.3 is 10.1 Å². The summed E-state index contributed by atoms with van der Waals surface area (Å²) >= 11 is 1.10. The summed E-state index contributed by atoms with van der Waals surface area (Å²) in [5.74, 6) is -0.0314. The molecule has 0 saturated carbocycles. The van der Waals surface area contributed by atoms with Crippen LogP contribution in [0.1, 0.15) is 21.6 Å². The molecule has 2 aromatic heterocycles. The highest BCUT2D eigenvalue weighted by molar-refractivity contribution is 7.13. The third kappa shape index (κ3) is 4.43. The number of nitrogens with one attached hydrogen (secondary N) is 1. The first-order valence-corrected chi connectivity index (χ1v) is 8.65. The monoisotopic (exact) mass is 393 g/mol. The largest absolute Gasteiger partial charge is 0.481 e. The van der Waals surface area contributed by atoms with Crippen LogP contribution in [-0.2, 0) is 12.7 Å². The van der Waals surface area contributed by atoms with E-state index in [9.17, 15) is 18.0 Å². The molecule has 3 rings (SSSR count). The third-order valence-electron chi connectivity index (χ3n) is 3.66. The maximum Gasteiger partial charge on any atom is 0.416 e. The van der Waals surface area contributed by atoms with E-state index in [1.165, 1.54) is 24.6 Å². The van der Waals surface area contributed by atoms with Crippen LogP contribution >= 0.6 is 11.3 Å². The minimum Gasteiger partial charge on any atom is -0.481 e. The number of hydrogen-bond donors (Lipinski definition) is 1. The van der Waals surface area contributed by atoms with Crippen LogP contribution in [0.2, 0.25) is 0 Å². The van der Waals surface area contributed by atoms with Gasteiger partial charge in [-0.1, -0.05) is 18.2 Å². The first kappa shape index (κ1) is 18.8. The minimum absolute atomic E-state index is 0.135. The van der Waals surface area contributed by atoms with Crippen molar-refractivity contribution in [3.63, 3.8) is 0 Å². The van der Waals surface area contributed by atoms with Gasteiger partial charge in [0.15, 0.2) is 0 Å². The van der Waals surface area contributed by atoms with E-state index in [0.717, 1.165) is 23.5 Å². The lowest BCUT2D eigenvalue weighted by Crippen LogP contribution is -2.23. The molecule has 0 saturated heterocycles. The number of hydrogen-bond acceptors (Lipinski definition) is 5. The average Bonchev–Trinajstić information content (AvgIpc) is 3.16. The van der Waals surface area contributed by atoms with Crippen molar-refractivity contribution in [2.45, 2.75) is 12.7 Å². The Labute approximate surface area is 156 Å². The maximum atomic E-state index is 12.8. The number of carbonyl (C=O) groups excluding carboxylic acids is 1. The highest BCUT2D eigenvalue weighted by atomic mass is 32.1. The zero-order valence-electron chi connectivity index (χ0n) is 14.1. The van der Waals surface area contributed by atoms with Crippen LogP contribution in [0.4, 0.5) is 13.2 Å². The lowest BCUT2D eigenvalue weighted by molar-refractivity contribution is -0.137. The molecule has 1 N–H and O–H groups in total. The molecule has 0 fully saturated rings. The Morgan fingerprint density at radius 1 is 1.26 bits per heavy atom. The number of nitrogens with zero attached hydrogens (tertiary/aromatic N) is 2. The van der Waals surface area contributed by atoms with E-state index in [0.29, 0.717) is 22.0 Å². The van der Waals surface area contributed by atoms with E-state index < -0.39 is 17.6 Å². The quantitative estimate of drug-likeness (QED) is 0.707. The Balaban J connectivity index is 1.73. The van der Waals surface area contributed by atoms with Crippen molar-refractivity contribution in [3.05, 3.63) is 64.8 Å². The molecule has 0 atom stereocenters. The molecule has 0 bridgehead atoms. The summed E-state index contributed by atoms with van der Waals surface area (Å²) in [6.07, 6.45) is -2.86. The SMILES string of the molecule is COc1ncccc1CNC(=O)c1csc(-c2cccc(C(F)(F)F)c2)n1. The van der Waals surface area contributed by atoms with Gasteiger partial charge in [-0.15, -0.1) is 11.3 Å². The first-order valence-electron chi connectivity index (χ1n) is 7.77. The van der Waals surface area contributed by atoms with Crippen molar-refractivity contribution >= 4 is 17.2 Å². The van der Waals surface area contributed by atoms with Crippen LogP contribution in [-0.4, -0.2) is 23.0 Å². The van der Waals surface area contributed by atoms with E-state index in [-0.39, 0.29) is 12.2 Å². The number of aromatic nitrogens is 2. The molecule has 0 aliphatic carbocycles. The fourth-order valence-corrected chi connectivity index (χ4v) is 3.14. The second kappa shape index (κ2) is 7.75. The molecular formula is C18H14F3N3O2S. The number of amides is 1. The van der Waals surface area contributed by atoms with Crippen LogP contribution in [0.5, 0.6) is 5.88 Å². The van der Waals surface area contributed by atoms with Crippen LogP contribution < -0.4 is 10.1 Å². The second-order valence-electron chi connectivity index (χ2n) is 5.47. The number of rotatable bonds is 5. The summed E-state index contributed by atoms with van der Waals surface area (Å²) in [5, 5.41) is 4.54. The summed E-state index contributed by atoms with van der Waals surface area (Å²) in [6, 6.07) is 8.33. The Kier molecular flexibility index (Phi) is 5.41. The number of thiazole rings is 1. The Hall–Kier alpha value is -2.94. The average molecular weight is 393 g/mol. The number of halogens is 3. The van der Waals surface area contributed by atoms with Gasteiger partial charge >= 0.3 is 6.18 Å². The fraction of sp³-hybridized carbons (Fsp3) is 0.167. The van der Waals surface area contributed by atoms with E-state index in [2.05, 4.69) is 15.3 Å². The van der Waals surface area contributed by atoms with Crippen LogP contribution in [0.3, 0.4) is 0 Å². The van der Waals surface area contributed by atoms with Crippen LogP contribution in [0, 0.1) is 0 Å². The summed E-state index contributed by atoms with van der Waals surface area (Å²) in [7, 11) is 1.48. The highest BCUT2D eigenvalue weighted by Gasteiger charge is 2.30.